The number of carbonyl (C=O) groups excluding carboxylic acids is 1. The van der Waals surface area contributed by atoms with Gasteiger partial charge >= 0.3 is 0 Å². The number of carbonyl (C=O) groups is 1. The summed E-state index contributed by atoms with van der Waals surface area (Å²) < 4.78 is 0.982. The molecule has 4 rings (SSSR count). The minimum absolute atomic E-state index is 0.159. The molecule has 2 aromatic rings. The van der Waals surface area contributed by atoms with Crippen LogP contribution in [0.5, 0.6) is 0 Å². The number of amides is 1. The number of nitrogens with one attached hydrogen (secondary N) is 1. The van der Waals surface area contributed by atoms with Crippen molar-refractivity contribution < 1.29 is 4.79 Å². The number of anilines is 1. The molecule has 1 amide bonds. The van der Waals surface area contributed by atoms with Crippen LogP contribution in [0.4, 0.5) is 5.13 Å². The molecule has 1 saturated heterocycles. The highest BCUT2D eigenvalue weighted by Gasteiger charge is 2.22. The highest BCUT2D eigenvalue weighted by atomic mass is 32.2. The largest absolute Gasteiger partial charge is 0.357 e. The molecule has 1 aliphatic carbocycles. The molecule has 0 bridgehead atoms. The number of thioether (sulfide) groups is 1. The Balaban J connectivity index is 1.31. The Morgan fingerprint density at radius 3 is 2.67 bits per heavy atom. The van der Waals surface area contributed by atoms with Gasteiger partial charge in [-0.05, 0) is 43.4 Å². The van der Waals surface area contributed by atoms with Crippen molar-refractivity contribution in [2.75, 3.05) is 18.4 Å². The first-order valence-corrected chi connectivity index (χ1v) is 10.2. The van der Waals surface area contributed by atoms with E-state index in [-0.39, 0.29) is 5.91 Å². The summed E-state index contributed by atoms with van der Waals surface area (Å²) in [4.78, 5) is 14.3. The molecular weight excluding hydrogens is 340 g/mol. The van der Waals surface area contributed by atoms with Gasteiger partial charge in [0.15, 0.2) is 4.34 Å². The quantitative estimate of drug-likeness (QED) is 0.797. The molecule has 24 heavy (non-hydrogen) atoms. The molecule has 2 heterocycles. The first kappa shape index (κ1) is 15.9. The predicted octanol–water partition coefficient (Wildman–Crippen LogP) is 3.64. The Kier molecular flexibility index (Phi) is 4.71. The van der Waals surface area contributed by atoms with Crippen LogP contribution in [-0.4, -0.2) is 40.1 Å². The standard InChI is InChI=1S/C17H20N4OS2/c22-15(21-9-1-2-10-21)13-5-3-12(4-6-13)11-23-17-20-19-16(24-17)18-14-7-8-14/h3-6,14H,1-2,7-11H2,(H,18,19). The lowest BCUT2D eigenvalue weighted by molar-refractivity contribution is 0.0793. The van der Waals surface area contributed by atoms with E-state index in [0.717, 1.165) is 46.7 Å². The third-order valence-corrected chi connectivity index (χ3v) is 6.33. The fraction of sp³-hybridized carbons (Fsp3) is 0.471. The first-order valence-electron chi connectivity index (χ1n) is 8.39. The lowest BCUT2D eigenvalue weighted by Crippen LogP contribution is -2.27. The second-order valence-corrected chi connectivity index (χ2v) is 8.48. The lowest BCUT2D eigenvalue weighted by Gasteiger charge is -2.15. The summed E-state index contributed by atoms with van der Waals surface area (Å²) in [5.41, 5.74) is 1.99. The maximum absolute atomic E-state index is 12.3. The van der Waals surface area contributed by atoms with Crippen LogP contribution in [0.2, 0.25) is 0 Å². The normalized spacial score (nSPS) is 17.2. The van der Waals surface area contributed by atoms with Gasteiger partial charge in [-0.1, -0.05) is 35.2 Å². The van der Waals surface area contributed by atoms with E-state index in [1.165, 1.54) is 18.4 Å². The third-order valence-electron chi connectivity index (χ3n) is 4.27. The molecule has 1 N–H and O–H groups in total. The van der Waals surface area contributed by atoms with Crippen molar-refractivity contribution in [1.82, 2.24) is 15.1 Å². The molecule has 1 aromatic carbocycles. The van der Waals surface area contributed by atoms with Gasteiger partial charge in [0, 0.05) is 30.4 Å². The van der Waals surface area contributed by atoms with Gasteiger partial charge in [0.25, 0.3) is 5.91 Å². The van der Waals surface area contributed by atoms with Crippen LogP contribution in [-0.2, 0) is 5.75 Å². The fourth-order valence-corrected chi connectivity index (χ4v) is 4.50. The fourth-order valence-electron chi connectivity index (χ4n) is 2.72. The minimum atomic E-state index is 0.159. The summed E-state index contributed by atoms with van der Waals surface area (Å²) in [5, 5.41) is 12.7. The second kappa shape index (κ2) is 7.11. The molecule has 0 spiro atoms. The van der Waals surface area contributed by atoms with Gasteiger partial charge in [-0.15, -0.1) is 10.2 Å². The molecule has 0 unspecified atom stereocenters. The van der Waals surface area contributed by atoms with Gasteiger partial charge in [-0.25, -0.2) is 0 Å². The van der Waals surface area contributed by atoms with Crippen LogP contribution >= 0.6 is 23.1 Å². The zero-order valence-electron chi connectivity index (χ0n) is 13.4. The zero-order chi connectivity index (χ0) is 16.4. The van der Waals surface area contributed by atoms with Gasteiger partial charge in [-0.3, -0.25) is 4.79 Å². The van der Waals surface area contributed by atoms with Crippen molar-refractivity contribution in [3.8, 4) is 0 Å². The summed E-state index contributed by atoms with van der Waals surface area (Å²) >= 11 is 3.31. The summed E-state index contributed by atoms with van der Waals surface area (Å²) in [6, 6.07) is 8.57. The number of hydrogen-bond donors (Lipinski definition) is 1. The van der Waals surface area contributed by atoms with Crippen LogP contribution in [0, 0.1) is 0 Å². The Hall–Kier alpha value is -1.60. The third kappa shape index (κ3) is 3.89. The summed E-state index contributed by atoms with van der Waals surface area (Å²) in [5.74, 6) is 1.00. The molecule has 1 saturated carbocycles. The Bertz CT molecular complexity index is 706. The van der Waals surface area contributed by atoms with Gasteiger partial charge in [0.05, 0.1) is 0 Å². The highest BCUT2D eigenvalue weighted by molar-refractivity contribution is 8.00. The molecular formula is C17H20N4OS2. The van der Waals surface area contributed by atoms with E-state index in [4.69, 9.17) is 0 Å². The number of rotatable bonds is 6. The Morgan fingerprint density at radius 2 is 1.96 bits per heavy atom. The number of likely N-dealkylation sites (tertiary alicyclic amines) is 1. The van der Waals surface area contributed by atoms with Crippen molar-refractivity contribution in [2.24, 2.45) is 0 Å². The van der Waals surface area contributed by atoms with Gasteiger partial charge in [0.1, 0.15) is 0 Å². The maximum atomic E-state index is 12.3. The summed E-state index contributed by atoms with van der Waals surface area (Å²) in [6.07, 6.45) is 4.73. The number of aromatic nitrogens is 2. The molecule has 0 radical (unpaired) electrons. The number of hydrogen-bond acceptors (Lipinski definition) is 6. The zero-order valence-corrected chi connectivity index (χ0v) is 15.0. The molecule has 1 aromatic heterocycles. The number of nitrogens with zero attached hydrogens (tertiary/aromatic N) is 3. The van der Waals surface area contributed by atoms with Crippen molar-refractivity contribution >= 4 is 34.1 Å². The van der Waals surface area contributed by atoms with Crippen molar-refractivity contribution in [3.63, 3.8) is 0 Å². The Labute approximate surface area is 149 Å². The van der Waals surface area contributed by atoms with Crippen LogP contribution < -0.4 is 5.32 Å². The number of benzene rings is 1. The minimum Gasteiger partial charge on any atom is -0.357 e. The van der Waals surface area contributed by atoms with E-state index in [1.54, 1.807) is 23.1 Å². The average molecular weight is 361 g/mol. The van der Waals surface area contributed by atoms with E-state index in [9.17, 15) is 4.79 Å². The monoisotopic (exact) mass is 360 g/mol. The van der Waals surface area contributed by atoms with E-state index in [2.05, 4.69) is 15.5 Å². The topological polar surface area (TPSA) is 58.1 Å². The summed E-state index contributed by atoms with van der Waals surface area (Å²) in [6.45, 7) is 1.79. The van der Waals surface area contributed by atoms with Crippen molar-refractivity contribution in [3.05, 3.63) is 35.4 Å². The van der Waals surface area contributed by atoms with E-state index in [0.29, 0.717) is 6.04 Å². The van der Waals surface area contributed by atoms with Gasteiger partial charge in [0.2, 0.25) is 5.13 Å². The molecule has 2 fully saturated rings. The molecule has 1 aliphatic heterocycles. The Morgan fingerprint density at radius 1 is 1.21 bits per heavy atom. The molecule has 2 aliphatic rings. The second-order valence-electron chi connectivity index (χ2n) is 6.28. The maximum Gasteiger partial charge on any atom is 0.253 e. The smallest absolute Gasteiger partial charge is 0.253 e. The molecule has 126 valence electrons. The highest BCUT2D eigenvalue weighted by Crippen LogP contribution is 2.31. The first-order chi connectivity index (χ1) is 11.8. The van der Waals surface area contributed by atoms with Crippen LogP contribution in [0.1, 0.15) is 41.6 Å². The van der Waals surface area contributed by atoms with E-state index >= 15 is 0 Å². The molecule has 0 atom stereocenters. The predicted molar refractivity (Wildman–Crippen MR) is 97.7 cm³/mol. The van der Waals surface area contributed by atoms with E-state index < -0.39 is 0 Å². The lowest BCUT2D eigenvalue weighted by atomic mass is 10.1. The molecule has 7 heteroatoms. The van der Waals surface area contributed by atoms with E-state index in [1.807, 2.05) is 29.2 Å². The molecule has 5 nitrogen and oxygen atoms in total. The van der Waals surface area contributed by atoms with Gasteiger partial charge in [-0.2, -0.15) is 0 Å². The van der Waals surface area contributed by atoms with Crippen LogP contribution in [0.15, 0.2) is 28.6 Å². The van der Waals surface area contributed by atoms with Gasteiger partial charge < -0.3 is 10.2 Å². The van der Waals surface area contributed by atoms with Crippen molar-refractivity contribution in [2.45, 2.75) is 41.8 Å². The van der Waals surface area contributed by atoms with Crippen LogP contribution in [0.3, 0.4) is 0 Å². The van der Waals surface area contributed by atoms with Crippen molar-refractivity contribution in [1.29, 1.82) is 0 Å². The SMILES string of the molecule is O=C(c1ccc(CSc2nnc(NC3CC3)s2)cc1)N1CCCC1. The summed E-state index contributed by atoms with van der Waals surface area (Å²) in [7, 11) is 0. The van der Waals surface area contributed by atoms with Crippen LogP contribution in [0.25, 0.3) is 0 Å². The average Bonchev–Trinajstić information content (AvgIpc) is 3.09.